The summed E-state index contributed by atoms with van der Waals surface area (Å²) < 4.78 is 1.79. The molecular weight excluding hydrogens is 252 g/mol. The number of benzene rings is 1. The molecule has 1 aliphatic rings. The quantitative estimate of drug-likeness (QED) is 0.881. The standard InChI is InChI=1S/C15H18N4O/c1-9(2)13-11(8-19(3)18-13)14-16-12-7-5-4-6-10(12)15(20)17-14/h4-9,14,16H,1-3H3,(H,17,20)/t14-/m1/s1. The smallest absolute Gasteiger partial charge is 0.255 e. The number of carbonyl (C=O) groups excluding carboxylic acids is 1. The van der Waals surface area contributed by atoms with Crippen LogP contribution in [-0.4, -0.2) is 15.7 Å². The molecule has 5 heteroatoms. The molecule has 0 fully saturated rings. The fraction of sp³-hybridized carbons (Fsp3) is 0.333. The average molecular weight is 270 g/mol. The van der Waals surface area contributed by atoms with Gasteiger partial charge in [0, 0.05) is 24.5 Å². The van der Waals surface area contributed by atoms with E-state index in [4.69, 9.17) is 0 Å². The van der Waals surface area contributed by atoms with Gasteiger partial charge in [0.05, 0.1) is 11.3 Å². The molecule has 2 aromatic rings. The normalized spacial score (nSPS) is 17.6. The molecule has 1 atom stereocenters. The molecule has 0 spiro atoms. The Bertz CT molecular complexity index is 660. The number of carbonyl (C=O) groups is 1. The molecule has 104 valence electrons. The number of amides is 1. The predicted octanol–water partition coefficient (Wildman–Crippen LogP) is 2.40. The van der Waals surface area contributed by atoms with Crippen LogP contribution in [-0.2, 0) is 7.05 Å². The second-order valence-corrected chi connectivity index (χ2v) is 5.39. The lowest BCUT2D eigenvalue weighted by molar-refractivity contribution is 0.0935. The monoisotopic (exact) mass is 270 g/mol. The number of hydrogen-bond acceptors (Lipinski definition) is 3. The SMILES string of the molecule is CC(C)c1nn(C)cc1[C@H]1NC(=O)c2ccccc2N1. The number of nitrogens with zero attached hydrogens (tertiary/aromatic N) is 2. The summed E-state index contributed by atoms with van der Waals surface area (Å²) in [5, 5.41) is 10.9. The van der Waals surface area contributed by atoms with E-state index in [1.54, 1.807) is 4.68 Å². The van der Waals surface area contributed by atoms with Crippen LogP contribution in [0.1, 0.15) is 47.5 Å². The topological polar surface area (TPSA) is 59.0 Å². The van der Waals surface area contributed by atoms with E-state index < -0.39 is 0 Å². The number of anilines is 1. The van der Waals surface area contributed by atoms with Crippen LogP contribution < -0.4 is 10.6 Å². The minimum atomic E-state index is -0.233. The first-order valence-electron chi connectivity index (χ1n) is 6.76. The Morgan fingerprint density at radius 2 is 2.00 bits per heavy atom. The molecule has 0 saturated heterocycles. The van der Waals surface area contributed by atoms with Crippen LogP contribution in [0.3, 0.4) is 0 Å². The van der Waals surface area contributed by atoms with E-state index in [0.717, 1.165) is 16.9 Å². The van der Waals surface area contributed by atoms with Gasteiger partial charge in [-0.15, -0.1) is 0 Å². The number of aryl methyl sites for hydroxylation is 1. The molecule has 0 radical (unpaired) electrons. The molecule has 1 amide bonds. The summed E-state index contributed by atoms with van der Waals surface area (Å²) in [6.07, 6.45) is 1.73. The fourth-order valence-corrected chi connectivity index (χ4v) is 2.56. The minimum Gasteiger partial charge on any atom is -0.361 e. The zero-order valence-electron chi connectivity index (χ0n) is 11.8. The van der Waals surface area contributed by atoms with Crippen molar-refractivity contribution in [3.8, 4) is 0 Å². The van der Waals surface area contributed by atoms with E-state index in [2.05, 4.69) is 29.6 Å². The van der Waals surface area contributed by atoms with Gasteiger partial charge in [-0.25, -0.2) is 0 Å². The third kappa shape index (κ3) is 2.05. The van der Waals surface area contributed by atoms with Crippen LogP contribution in [0.2, 0.25) is 0 Å². The van der Waals surface area contributed by atoms with E-state index in [9.17, 15) is 4.79 Å². The number of aromatic nitrogens is 2. The van der Waals surface area contributed by atoms with Gasteiger partial charge in [0.1, 0.15) is 6.17 Å². The van der Waals surface area contributed by atoms with Crippen molar-refractivity contribution in [2.45, 2.75) is 25.9 Å². The average Bonchev–Trinajstić information content (AvgIpc) is 2.81. The van der Waals surface area contributed by atoms with Crippen molar-refractivity contribution in [3.05, 3.63) is 47.3 Å². The molecule has 20 heavy (non-hydrogen) atoms. The van der Waals surface area contributed by atoms with Crippen molar-refractivity contribution in [3.63, 3.8) is 0 Å². The van der Waals surface area contributed by atoms with E-state index in [0.29, 0.717) is 11.5 Å². The van der Waals surface area contributed by atoms with Crippen molar-refractivity contribution >= 4 is 11.6 Å². The van der Waals surface area contributed by atoms with Crippen LogP contribution >= 0.6 is 0 Å². The molecule has 1 aromatic carbocycles. The molecule has 3 rings (SSSR count). The van der Waals surface area contributed by atoms with E-state index in [1.807, 2.05) is 37.5 Å². The van der Waals surface area contributed by atoms with Gasteiger partial charge in [0.2, 0.25) is 0 Å². The minimum absolute atomic E-state index is 0.0529. The Labute approximate surface area is 118 Å². The van der Waals surface area contributed by atoms with E-state index in [1.165, 1.54) is 0 Å². The summed E-state index contributed by atoms with van der Waals surface area (Å²) >= 11 is 0. The molecule has 2 N–H and O–H groups in total. The molecule has 1 aromatic heterocycles. The Balaban J connectivity index is 2.00. The van der Waals surface area contributed by atoms with Gasteiger partial charge in [-0.2, -0.15) is 5.10 Å². The highest BCUT2D eigenvalue weighted by atomic mass is 16.2. The lowest BCUT2D eigenvalue weighted by Crippen LogP contribution is -2.38. The van der Waals surface area contributed by atoms with Gasteiger partial charge in [-0.1, -0.05) is 26.0 Å². The van der Waals surface area contributed by atoms with E-state index in [-0.39, 0.29) is 12.1 Å². The first-order valence-corrected chi connectivity index (χ1v) is 6.76. The van der Waals surface area contributed by atoms with Crippen molar-refractivity contribution in [1.82, 2.24) is 15.1 Å². The second-order valence-electron chi connectivity index (χ2n) is 5.39. The Kier molecular flexibility index (Phi) is 2.97. The van der Waals surface area contributed by atoms with Crippen LogP contribution in [0.15, 0.2) is 30.5 Å². The molecule has 0 saturated carbocycles. The molecule has 1 aliphatic heterocycles. The first kappa shape index (κ1) is 12.7. The Morgan fingerprint density at radius 1 is 1.25 bits per heavy atom. The second kappa shape index (κ2) is 4.67. The lowest BCUT2D eigenvalue weighted by Gasteiger charge is -2.28. The molecule has 2 heterocycles. The third-order valence-corrected chi connectivity index (χ3v) is 3.49. The van der Waals surface area contributed by atoms with Gasteiger partial charge < -0.3 is 10.6 Å². The largest absolute Gasteiger partial charge is 0.361 e. The molecular formula is C15H18N4O. The van der Waals surface area contributed by atoms with Gasteiger partial charge in [0.25, 0.3) is 5.91 Å². The zero-order valence-corrected chi connectivity index (χ0v) is 11.8. The molecule has 0 bridgehead atoms. The highest BCUT2D eigenvalue weighted by Crippen LogP contribution is 2.29. The predicted molar refractivity (Wildman–Crippen MR) is 77.6 cm³/mol. The van der Waals surface area contributed by atoms with Crippen molar-refractivity contribution in [1.29, 1.82) is 0 Å². The fourth-order valence-electron chi connectivity index (χ4n) is 2.56. The number of rotatable bonds is 2. The molecule has 0 unspecified atom stereocenters. The maximum absolute atomic E-state index is 12.2. The third-order valence-electron chi connectivity index (χ3n) is 3.49. The highest BCUT2D eigenvalue weighted by Gasteiger charge is 2.27. The summed E-state index contributed by atoms with van der Waals surface area (Å²) in [4.78, 5) is 12.2. The summed E-state index contributed by atoms with van der Waals surface area (Å²) in [5.74, 6) is 0.255. The maximum atomic E-state index is 12.2. The van der Waals surface area contributed by atoms with Crippen LogP contribution in [0.4, 0.5) is 5.69 Å². The highest BCUT2D eigenvalue weighted by molar-refractivity contribution is 6.01. The summed E-state index contributed by atoms with van der Waals surface area (Å²) in [6, 6.07) is 7.53. The molecule has 5 nitrogen and oxygen atoms in total. The Morgan fingerprint density at radius 3 is 2.75 bits per heavy atom. The van der Waals surface area contributed by atoms with Crippen molar-refractivity contribution < 1.29 is 4.79 Å². The van der Waals surface area contributed by atoms with Crippen molar-refractivity contribution in [2.75, 3.05) is 5.32 Å². The van der Waals surface area contributed by atoms with Crippen molar-refractivity contribution in [2.24, 2.45) is 7.05 Å². The van der Waals surface area contributed by atoms with Crippen LogP contribution in [0.5, 0.6) is 0 Å². The number of para-hydroxylation sites is 1. The summed E-state index contributed by atoms with van der Waals surface area (Å²) in [6.45, 7) is 4.20. The number of hydrogen-bond donors (Lipinski definition) is 2. The summed E-state index contributed by atoms with van der Waals surface area (Å²) in [7, 11) is 1.90. The molecule has 0 aliphatic carbocycles. The zero-order chi connectivity index (χ0) is 14.3. The van der Waals surface area contributed by atoms with E-state index >= 15 is 0 Å². The summed E-state index contributed by atoms with van der Waals surface area (Å²) in [5.41, 5.74) is 3.56. The van der Waals surface area contributed by atoms with Gasteiger partial charge >= 0.3 is 0 Å². The first-order chi connectivity index (χ1) is 9.56. The van der Waals surface area contributed by atoms with Gasteiger partial charge in [-0.05, 0) is 18.1 Å². The van der Waals surface area contributed by atoms with Crippen LogP contribution in [0.25, 0.3) is 0 Å². The van der Waals surface area contributed by atoms with Gasteiger partial charge in [-0.3, -0.25) is 9.48 Å². The number of nitrogens with one attached hydrogen (secondary N) is 2. The number of fused-ring (bicyclic) bond motifs is 1. The Hall–Kier alpha value is -2.30. The maximum Gasteiger partial charge on any atom is 0.255 e. The van der Waals surface area contributed by atoms with Gasteiger partial charge in [0.15, 0.2) is 0 Å². The van der Waals surface area contributed by atoms with Crippen LogP contribution in [0, 0.1) is 0 Å². The lowest BCUT2D eigenvalue weighted by atomic mass is 10.0.